The molecule has 1 saturated carbocycles. The Morgan fingerprint density at radius 2 is 1.65 bits per heavy atom. The number of hydrogen-bond acceptors (Lipinski definition) is 10. The number of hydrazone groups is 1. The topological polar surface area (TPSA) is 161 Å². The largest absolute Gasteiger partial charge is 0.494 e. The number of amides is 3. The molecule has 0 bridgehead atoms. The van der Waals surface area contributed by atoms with Crippen LogP contribution < -0.4 is 24.3 Å². The highest BCUT2D eigenvalue weighted by molar-refractivity contribution is 6.10. The smallest absolute Gasteiger partial charge is 0.255 e. The van der Waals surface area contributed by atoms with E-state index in [2.05, 4.69) is 20.3 Å². The van der Waals surface area contributed by atoms with Gasteiger partial charge in [-0.15, -0.1) is 0 Å². The van der Waals surface area contributed by atoms with Crippen LogP contribution in [-0.4, -0.2) is 101 Å². The van der Waals surface area contributed by atoms with Crippen LogP contribution in [-0.2, 0) is 16.0 Å². The molecule has 3 aliphatic rings. The van der Waals surface area contributed by atoms with Crippen molar-refractivity contribution < 1.29 is 37.7 Å². The van der Waals surface area contributed by atoms with Gasteiger partial charge in [-0.25, -0.2) is 19.4 Å². The third-order valence-corrected chi connectivity index (χ3v) is 12.0. The van der Waals surface area contributed by atoms with Crippen LogP contribution in [0.5, 0.6) is 23.0 Å². The molecule has 2 N–H and O–H groups in total. The van der Waals surface area contributed by atoms with Gasteiger partial charge in [0.15, 0.2) is 23.1 Å². The van der Waals surface area contributed by atoms with Crippen molar-refractivity contribution in [1.29, 1.82) is 0 Å². The van der Waals surface area contributed by atoms with E-state index in [0.29, 0.717) is 90.1 Å². The Bertz CT molecular complexity index is 2530. The van der Waals surface area contributed by atoms with Crippen molar-refractivity contribution >= 4 is 34.5 Å². The molecular formula is C47H52FN7O7. The van der Waals surface area contributed by atoms with Crippen molar-refractivity contribution in [3.63, 3.8) is 0 Å². The monoisotopic (exact) mass is 845 g/mol. The molecule has 4 heterocycles. The zero-order valence-corrected chi connectivity index (χ0v) is 35.9. The molecule has 62 heavy (non-hydrogen) atoms. The predicted octanol–water partition coefficient (Wildman–Crippen LogP) is 6.88. The lowest BCUT2D eigenvalue weighted by molar-refractivity contribution is -0.145. The van der Waals surface area contributed by atoms with Gasteiger partial charge in [0.25, 0.3) is 5.91 Å². The predicted molar refractivity (Wildman–Crippen MR) is 231 cm³/mol. The van der Waals surface area contributed by atoms with Crippen molar-refractivity contribution in [3.8, 4) is 34.3 Å². The number of aryl methyl sites for hydroxylation is 1. The Hall–Kier alpha value is -6.51. The zero-order chi connectivity index (χ0) is 43.7. The summed E-state index contributed by atoms with van der Waals surface area (Å²) in [5, 5.41) is 9.56. The number of carbonyl (C=O) groups is 3. The second kappa shape index (κ2) is 17.5. The summed E-state index contributed by atoms with van der Waals surface area (Å²) >= 11 is 0. The number of likely N-dealkylation sites (tertiary alicyclic amines) is 1. The third-order valence-electron chi connectivity index (χ3n) is 12.0. The van der Waals surface area contributed by atoms with Gasteiger partial charge in [-0.05, 0) is 68.4 Å². The molecule has 15 heteroatoms. The SMILES string of the molecule is COc1cc(OCC2CC2)c(-c2ncnc3c(C(=O)N[C@H](Cc4ccccc4)C(=O)N4CCC(N5N=C(c6ccc(OC)c(OC)c6)CC(C)(C)C5=O)CC4)c(C)[nH]c23)cc1F. The molecule has 5 aromatic rings. The molecule has 1 aliphatic carbocycles. The summed E-state index contributed by atoms with van der Waals surface area (Å²) in [6.07, 6.45) is 5.18. The fraction of sp³-hybridized carbons (Fsp3) is 0.404. The molecule has 324 valence electrons. The van der Waals surface area contributed by atoms with E-state index in [1.54, 1.807) is 31.1 Å². The summed E-state index contributed by atoms with van der Waals surface area (Å²) in [6, 6.07) is 16.8. The Labute approximate surface area is 359 Å². The Balaban J connectivity index is 1.03. The van der Waals surface area contributed by atoms with Crippen molar-refractivity contribution in [3.05, 3.63) is 95.2 Å². The molecule has 0 spiro atoms. The number of halogens is 1. The van der Waals surface area contributed by atoms with E-state index in [1.807, 2.05) is 62.4 Å². The van der Waals surface area contributed by atoms with Gasteiger partial charge in [-0.2, -0.15) is 5.10 Å². The summed E-state index contributed by atoms with van der Waals surface area (Å²) in [4.78, 5) is 56.8. The minimum atomic E-state index is -0.921. The van der Waals surface area contributed by atoms with Gasteiger partial charge < -0.3 is 34.1 Å². The number of H-pyrrole nitrogens is 1. The number of benzene rings is 3. The van der Waals surface area contributed by atoms with E-state index < -0.39 is 23.2 Å². The summed E-state index contributed by atoms with van der Waals surface area (Å²) in [7, 11) is 4.56. The molecule has 3 aromatic carbocycles. The molecule has 14 nitrogen and oxygen atoms in total. The van der Waals surface area contributed by atoms with Crippen LogP contribution in [0.2, 0.25) is 0 Å². The maximum Gasteiger partial charge on any atom is 0.255 e. The number of aromatic nitrogens is 3. The normalized spacial score (nSPS) is 17.1. The van der Waals surface area contributed by atoms with Gasteiger partial charge in [0.1, 0.15) is 29.3 Å². The highest BCUT2D eigenvalue weighted by Crippen LogP contribution is 2.40. The molecule has 0 unspecified atom stereocenters. The number of rotatable bonds is 14. The Morgan fingerprint density at radius 1 is 0.919 bits per heavy atom. The van der Waals surface area contributed by atoms with Crippen LogP contribution in [0.1, 0.15) is 73.1 Å². The van der Waals surface area contributed by atoms with Gasteiger partial charge in [-0.1, -0.05) is 44.2 Å². The Morgan fingerprint density at radius 3 is 2.34 bits per heavy atom. The molecule has 1 saturated heterocycles. The first-order valence-corrected chi connectivity index (χ1v) is 21.0. The highest BCUT2D eigenvalue weighted by Gasteiger charge is 2.43. The molecule has 8 rings (SSSR count). The van der Waals surface area contributed by atoms with Crippen LogP contribution in [0.4, 0.5) is 4.39 Å². The van der Waals surface area contributed by atoms with Crippen LogP contribution in [0.15, 0.2) is 72.1 Å². The number of carbonyl (C=O) groups excluding carboxylic acids is 3. The van der Waals surface area contributed by atoms with Crippen LogP contribution in [0.3, 0.4) is 0 Å². The van der Waals surface area contributed by atoms with Gasteiger partial charge in [-0.3, -0.25) is 14.4 Å². The summed E-state index contributed by atoms with van der Waals surface area (Å²) in [5.74, 6) is 0.683. The van der Waals surface area contributed by atoms with Crippen molar-refractivity contribution in [1.82, 2.24) is 30.2 Å². The second-order valence-corrected chi connectivity index (χ2v) is 16.9. The first kappa shape index (κ1) is 42.2. The second-order valence-electron chi connectivity index (χ2n) is 16.9. The highest BCUT2D eigenvalue weighted by atomic mass is 19.1. The number of ether oxygens (including phenoxy) is 4. The standard InChI is InChI=1S/C47H52FN7O7/c1-27-40(42-43(51-27)41(49-26-50-42)32-22-33(48)38(60-5)23-37(32)62-25-29-12-13-29)44(56)52-34(20-28-10-8-7-9-11-28)45(57)54-18-16-31(17-19-54)55-46(58)47(2,3)24-35(53-55)30-14-15-36(59-4)39(21-30)61-6/h7-11,14-15,21-23,26,29,31,34,51H,12-13,16-20,24-25H2,1-6H3,(H,52,56)/t34-/m1/s1. The van der Waals surface area contributed by atoms with E-state index in [-0.39, 0.29) is 35.6 Å². The molecule has 1 atom stereocenters. The minimum Gasteiger partial charge on any atom is -0.494 e. The van der Waals surface area contributed by atoms with Crippen LogP contribution >= 0.6 is 0 Å². The van der Waals surface area contributed by atoms with E-state index in [1.165, 1.54) is 25.6 Å². The quantitative estimate of drug-likeness (QED) is 0.121. The molecule has 2 aliphatic heterocycles. The van der Waals surface area contributed by atoms with Gasteiger partial charge in [0, 0.05) is 48.8 Å². The first-order valence-electron chi connectivity index (χ1n) is 21.0. The van der Waals surface area contributed by atoms with Crippen molar-refractivity contribution in [2.45, 2.75) is 71.4 Å². The number of nitrogens with one attached hydrogen (secondary N) is 2. The number of hydrogen-bond donors (Lipinski definition) is 2. The maximum absolute atomic E-state index is 15.2. The lowest BCUT2D eigenvalue weighted by Gasteiger charge is -2.42. The van der Waals surface area contributed by atoms with Crippen LogP contribution in [0.25, 0.3) is 22.3 Å². The molecule has 3 amide bonds. The molecular weight excluding hydrogens is 794 g/mol. The average molecular weight is 846 g/mol. The maximum atomic E-state index is 15.2. The Kier molecular flexibility index (Phi) is 11.9. The average Bonchev–Trinajstić information content (AvgIpc) is 4.05. The van der Waals surface area contributed by atoms with Crippen molar-refractivity contribution in [2.24, 2.45) is 16.4 Å². The summed E-state index contributed by atoms with van der Waals surface area (Å²) in [5.41, 5.74) is 4.03. The molecule has 0 radical (unpaired) electrons. The van der Waals surface area contributed by atoms with Gasteiger partial charge in [0.2, 0.25) is 11.8 Å². The first-order chi connectivity index (χ1) is 29.9. The fourth-order valence-electron chi connectivity index (χ4n) is 8.36. The number of fused-ring (bicyclic) bond motifs is 1. The third kappa shape index (κ3) is 8.52. The van der Waals surface area contributed by atoms with E-state index in [4.69, 9.17) is 24.0 Å². The summed E-state index contributed by atoms with van der Waals surface area (Å²) < 4.78 is 37.6. The molecule has 2 aromatic heterocycles. The van der Waals surface area contributed by atoms with Gasteiger partial charge >= 0.3 is 0 Å². The molecule has 2 fully saturated rings. The zero-order valence-electron chi connectivity index (χ0n) is 35.9. The van der Waals surface area contributed by atoms with Crippen molar-refractivity contribution in [2.75, 3.05) is 41.0 Å². The van der Waals surface area contributed by atoms with Crippen LogP contribution in [0, 0.1) is 24.1 Å². The van der Waals surface area contributed by atoms with E-state index >= 15 is 4.39 Å². The number of aromatic amines is 1. The van der Waals surface area contributed by atoms with Gasteiger partial charge in [0.05, 0.1) is 56.2 Å². The number of methoxy groups -OCH3 is 3. The number of piperidine rings is 1. The summed E-state index contributed by atoms with van der Waals surface area (Å²) in [6.45, 7) is 6.81. The fourth-order valence-corrected chi connectivity index (χ4v) is 8.36. The number of nitrogens with zero attached hydrogens (tertiary/aromatic N) is 5. The van der Waals surface area contributed by atoms with E-state index in [9.17, 15) is 14.4 Å². The lowest BCUT2D eigenvalue weighted by Crippen LogP contribution is -2.55. The lowest BCUT2D eigenvalue weighted by atomic mass is 9.82. The minimum absolute atomic E-state index is 0.0450. The van der Waals surface area contributed by atoms with E-state index in [0.717, 1.165) is 29.7 Å².